The molecule has 0 fully saturated rings. The highest BCUT2D eigenvalue weighted by molar-refractivity contribution is 5.52. The van der Waals surface area contributed by atoms with Crippen molar-refractivity contribution in [1.82, 2.24) is 0 Å². The molecule has 1 atom stereocenters. The highest BCUT2D eigenvalue weighted by Gasteiger charge is 2.39. The normalized spacial score (nSPS) is 21.3. The van der Waals surface area contributed by atoms with Gasteiger partial charge in [0, 0.05) is 5.69 Å². The Morgan fingerprint density at radius 3 is 2.33 bits per heavy atom. The SMILES string of the molecule is Nc1ccc2c(c1)CCC2(O)c1ccc(C(F)(F)F)cc1. The number of halogens is 3. The molecule has 0 amide bonds. The van der Waals surface area contributed by atoms with Crippen LogP contribution >= 0.6 is 0 Å². The van der Waals surface area contributed by atoms with Gasteiger partial charge in [-0.3, -0.25) is 0 Å². The summed E-state index contributed by atoms with van der Waals surface area (Å²) in [5.41, 5.74) is 6.51. The summed E-state index contributed by atoms with van der Waals surface area (Å²) in [6.45, 7) is 0. The predicted octanol–water partition coefficient (Wildman–Crippen LogP) is 3.47. The van der Waals surface area contributed by atoms with Crippen molar-refractivity contribution in [2.45, 2.75) is 24.6 Å². The second-order valence-electron chi connectivity index (χ2n) is 5.35. The van der Waals surface area contributed by atoms with Crippen LogP contribution in [0, 0.1) is 0 Å². The van der Waals surface area contributed by atoms with E-state index >= 15 is 0 Å². The van der Waals surface area contributed by atoms with Gasteiger partial charge in [0.15, 0.2) is 0 Å². The van der Waals surface area contributed by atoms with Crippen LogP contribution in [0.2, 0.25) is 0 Å². The Balaban J connectivity index is 2.02. The van der Waals surface area contributed by atoms with Gasteiger partial charge in [-0.2, -0.15) is 13.2 Å². The van der Waals surface area contributed by atoms with Crippen molar-refractivity contribution >= 4 is 5.69 Å². The van der Waals surface area contributed by atoms with Gasteiger partial charge in [0.05, 0.1) is 5.56 Å². The highest BCUT2D eigenvalue weighted by atomic mass is 19.4. The zero-order valence-corrected chi connectivity index (χ0v) is 11.1. The van der Waals surface area contributed by atoms with E-state index in [4.69, 9.17) is 5.73 Å². The average molecular weight is 293 g/mol. The van der Waals surface area contributed by atoms with Crippen molar-refractivity contribution in [3.63, 3.8) is 0 Å². The second kappa shape index (κ2) is 4.49. The minimum absolute atomic E-state index is 0.442. The highest BCUT2D eigenvalue weighted by Crippen LogP contribution is 2.43. The van der Waals surface area contributed by atoms with Crippen LogP contribution in [0.25, 0.3) is 0 Å². The molecular formula is C16H14F3NO. The first-order valence-electron chi connectivity index (χ1n) is 6.60. The average Bonchev–Trinajstić information content (AvgIpc) is 2.76. The summed E-state index contributed by atoms with van der Waals surface area (Å²) in [4.78, 5) is 0. The van der Waals surface area contributed by atoms with E-state index in [0.717, 1.165) is 23.3 Å². The molecule has 0 bridgehead atoms. The molecule has 2 aromatic rings. The van der Waals surface area contributed by atoms with Gasteiger partial charge in [0.25, 0.3) is 0 Å². The number of rotatable bonds is 1. The number of nitrogen functional groups attached to an aromatic ring is 1. The Morgan fingerprint density at radius 1 is 1.05 bits per heavy atom. The van der Waals surface area contributed by atoms with E-state index in [1.165, 1.54) is 12.1 Å². The van der Waals surface area contributed by atoms with E-state index in [1.807, 2.05) is 0 Å². The number of alkyl halides is 3. The second-order valence-corrected chi connectivity index (χ2v) is 5.35. The monoisotopic (exact) mass is 293 g/mol. The maximum Gasteiger partial charge on any atom is 0.416 e. The maximum atomic E-state index is 12.6. The molecule has 110 valence electrons. The number of benzene rings is 2. The summed E-state index contributed by atoms with van der Waals surface area (Å²) in [7, 11) is 0. The van der Waals surface area contributed by atoms with Crippen LogP contribution in [-0.2, 0) is 18.2 Å². The maximum absolute atomic E-state index is 12.6. The van der Waals surface area contributed by atoms with Crippen LogP contribution in [0.4, 0.5) is 18.9 Å². The standard InChI is InChI=1S/C16H14F3NO/c17-16(18,19)12-3-1-11(2-4-12)15(21)8-7-10-9-13(20)5-6-14(10)15/h1-6,9,21H,7-8,20H2. The summed E-state index contributed by atoms with van der Waals surface area (Å²) in [5.74, 6) is 0. The van der Waals surface area contributed by atoms with Gasteiger partial charge in [-0.05, 0) is 53.8 Å². The van der Waals surface area contributed by atoms with Crippen LogP contribution in [0.15, 0.2) is 42.5 Å². The molecule has 5 heteroatoms. The van der Waals surface area contributed by atoms with E-state index in [0.29, 0.717) is 24.1 Å². The molecule has 0 aromatic heterocycles. The number of anilines is 1. The zero-order chi connectivity index (χ0) is 15.3. The van der Waals surface area contributed by atoms with E-state index in [-0.39, 0.29) is 0 Å². The number of fused-ring (bicyclic) bond motifs is 1. The summed E-state index contributed by atoms with van der Waals surface area (Å²) < 4.78 is 37.8. The van der Waals surface area contributed by atoms with E-state index in [2.05, 4.69) is 0 Å². The van der Waals surface area contributed by atoms with E-state index in [9.17, 15) is 18.3 Å². The van der Waals surface area contributed by atoms with Crippen LogP contribution < -0.4 is 5.73 Å². The van der Waals surface area contributed by atoms with Crippen molar-refractivity contribution in [2.24, 2.45) is 0 Å². The summed E-state index contributed by atoms with van der Waals surface area (Å²) in [6, 6.07) is 9.93. The van der Waals surface area contributed by atoms with Gasteiger partial charge < -0.3 is 10.8 Å². The topological polar surface area (TPSA) is 46.2 Å². The molecule has 0 heterocycles. The van der Waals surface area contributed by atoms with E-state index in [1.54, 1.807) is 18.2 Å². The molecule has 3 N–H and O–H groups in total. The number of hydrogen-bond acceptors (Lipinski definition) is 2. The Bertz CT molecular complexity index is 679. The lowest BCUT2D eigenvalue weighted by Gasteiger charge is -2.25. The number of aliphatic hydroxyl groups is 1. The Morgan fingerprint density at radius 2 is 1.71 bits per heavy atom. The summed E-state index contributed by atoms with van der Waals surface area (Å²) in [6.07, 6.45) is -3.28. The summed E-state index contributed by atoms with van der Waals surface area (Å²) in [5, 5.41) is 10.9. The lowest BCUT2D eigenvalue weighted by molar-refractivity contribution is -0.137. The van der Waals surface area contributed by atoms with Gasteiger partial charge in [-0.15, -0.1) is 0 Å². The zero-order valence-electron chi connectivity index (χ0n) is 11.1. The summed E-state index contributed by atoms with van der Waals surface area (Å²) >= 11 is 0. The molecule has 0 spiro atoms. The Hall–Kier alpha value is -2.01. The first-order chi connectivity index (χ1) is 9.80. The lowest BCUT2D eigenvalue weighted by Crippen LogP contribution is -2.24. The quantitative estimate of drug-likeness (QED) is 0.791. The van der Waals surface area contributed by atoms with Gasteiger partial charge in [-0.25, -0.2) is 0 Å². The third-order valence-electron chi connectivity index (χ3n) is 4.02. The van der Waals surface area contributed by atoms with Crippen molar-refractivity contribution in [2.75, 3.05) is 5.73 Å². The molecule has 0 radical (unpaired) electrons. The van der Waals surface area contributed by atoms with Gasteiger partial charge in [0.1, 0.15) is 5.60 Å². The van der Waals surface area contributed by atoms with Crippen molar-refractivity contribution in [3.05, 3.63) is 64.7 Å². The van der Waals surface area contributed by atoms with E-state index < -0.39 is 17.3 Å². The number of aryl methyl sites for hydroxylation is 1. The number of nitrogens with two attached hydrogens (primary N) is 1. The molecule has 2 aromatic carbocycles. The van der Waals surface area contributed by atoms with Crippen molar-refractivity contribution in [3.8, 4) is 0 Å². The smallest absolute Gasteiger partial charge is 0.399 e. The molecule has 1 aliphatic rings. The molecule has 3 rings (SSSR count). The minimum Gasteiger partial charge on any atom is -0.399 e. The molecule has 0 aliphatic heterocycles. The molecule has 0 saturated carbocycles. The Kier molecular flexibility index (Phi) is 2.99. The molecule has 1 aliphatic carbocycles. The van der Waals surface area contributed by atoms with Crippen LogP contribution in [0.1, 0.15) is 28.7 Å². The van der Waals surface area contributed by atoms with Crippen molar-refractivity contribution in [1.29, 1.82) is 0 Å². The molecule has 21 heavy (non-hydrogen) atoms. The lowest BCUT2D eigenvalue weighted by atomic mass is 9.87. The third kappa shape index (κ3) is 2.27. The fraction of sp³-hybridized carbons (Fsp3) is 0.250. The van der Waals surface area contributed by atoms with Crippen LogP contribution in [0.3, 0.4) is 0 Å². The van der Waals surface area contributed by atoms with Crippen molar-refractivity contribution < 1.29 is 18.3 Å². The van der Waals surface area contributed by atoms with Gasteiger partial charge >= 0.3 is 6.18 Å². The first-order valence-corrected chi connectivity index (χ1v) is 6.60. The Labute approximate surface area is 120 Å². The fourth-order valence-corrected chi connectivity index (χ4v) is 2.91. The molecule has 1 unspecified atom stereocenters. The third-order valence-corrected chi connectivity index (χ3v) is 4.02. The fourth-order valence-electron chi connectivity index (χ4n) is 2.91. The molecule has 0 saturated heterocycles. The predicted molar refractivity (Wildman–Crippen MR) is 73.6 cm³/mol. The largest absolute Gasteiger partial charge is 0.416 e. The first kappa shape index (κ1) is 13.9. The van der Waals surface area contributed by atoms with Gasteiger partial charge in [0.2, 0.25) is 0 Å². The van der Waals surface area contributed by atoms with Gasteiger partial charge in [-0.1, -0.05) is 18.2 Å². The number of hydrogen-bond donors (Lipinski definition) is 2. The van der Waals surface area contributed by atoms with Crippen LogP contribution in [-0.4, -0.2) is 5.11 Å². The molecular weight excluding hydrogens is 279 g/mol. The molecule has 2 nitrogen and oxygen atoms in total. The van der Waals surface area contributed by atoms with Crippen LogP contribution in [0.5, 0.6) is 0 Å². The minimum atomic E-state index is -4.37.